The maximum absolute atomic E-state index is 12.7. The van der Waals surface area contributed by atoms with Crippen molar-refractivity contribution in [2.45, 2.75) is 39.2 Å². The normalized spacial score (nSPS) is 19.5. The van der Waals surface area contributed by atoms with Crippen LogP contribution in [0.25, 0.3) is 0 Å². The number of hydrogen-bond acceptors (Lipinski definition) is 4. The van der Waals surface area contributed by atoms with Gasteiger partial charge in [-0.25, -0.2) is 13.2 Å². The van der Waals surface area contributed by atoms with Crippen molar-refractivity contribution in [3.8, 4) is 0 Å². The zero-order chi connectivity index (χ0) is 17.9. The number of anilines is 1. The van der Waals surface area contributed by atoms with Crippen molar-refractivity contribution in [2.24, 2.45) is 0 Å². The first-order valence-corrected chi connectivity index (χ1v) is 10.1. The smallest absolute Gasteiger partial charge is 0.322 e. The predicted molar refractivity (Wildman–Crippen MR) is 95.1 cm³/mol. The molecule has 1 fully saturated rings. The van der Waals surface area contributed by atoms with E-state index in [2.05, 4.69) is 19.2 Å². The molecule has 0 aromatic heterocycles. The van der Waals surface area contributed by atoms with Gasteiger partial charge in [0, 0.05) is 18.3 Å². The van der Waals surface area contributed by atoms with Gasteiger partial charge in [0.25, 0.3) is 0 Å². The number of urea groups is 1. The fourth-order valence-electron chi connectivity index (χ4n) is 3.10. The summed E-state index contributed by atoms with van der Waals surface area (Å²) in [5, 5.41) is 12.2. The van der Waals surface area contributed by atoms with Crippen LogP contribution in [0, 0.1) is 6.92 Å². The first-order valence-electron chi connectivity index (χ1n) is 8.23. The minimum atomic E-state index is -3.10. The minimum Gasteiger partial charge on any atom is -0.395 e. The quantitative estimate of drug-likeness (QED) is 0.848. The molecule has 2 N–H and O–H groups in total. The SMILES string of the molecule is Cc1cccc(C(C)C)c1NC(=O)N(CCO)C1CCS(=O)(=O)C1. The van der Waals surface area contributed by atoms with Crippen LogP contribution in [0.1, 0.15) is 37.3 Å². The van der Waals surface area contributed by atoms with Crippen LogP contribution in [0.5, 0.6) is 0 Å². The number of aryl methyl sites for hydroxylation is 1. The Morgan fingerprint density at radius 1 is 1.42 bits per heavy atom. The number of nitrogens with zero attached hydrogens (tertiary/aromatic N) is 1. The van der Waals surface area contributed by atoms with Crippen LogP contribution in [0.15, 0.2) is 18.2 Å². The van der Waals surface area contributed by atoms with E-state index < -0.39 is 9.84 Å². The van der Waals surface area contributed by atoms with Gasteiger partial charge in [-0.3, -0.25) is 0 Å². The number of carbonyl (C=O) groups is 1. The highest BCUT2D eigenvalue weighted by Crippen LogP contribution is 2.28. The van der Waals surface area contributed by atoms with E-state index in [0.717, 1.165) is 16.8 Å². The van der Waals surface area contributed by atoms with Crippen LogP contribution in [0.4, 0.5) is 10.5 Å². The van der Waals surface area contributed by atoms with Gasteiger partial charge in [-0.15, -0.1) is 0 Å². The molecule has 1 saturated heterocycles. The average Bonchev–Trinajstić information content (AvgIpc) is 2.86. The van der Waals surface area contributed by atoms with E-state index in [1.807, 2.05) is 25.1 Å². The Kier molecular flexibility index (Phi) is 5.87. The third kappa shape index (κ3) is 4.27. The molecule has 1 aliphatic heterocycles. The molecule has 1 atom stereocenters. The second-order valence-electron chi connectivity index (χ2n) is 6.60. The molecule has 1 aromatic carbocycles. The van der Waals surface area contributed by atoms with Crippen molar-refractivity contribution < 1.29 is 18.3 Å². The molecule has 2 rings (SSSR count). The summed E-state index contributed by atoms with van der Waals surface area (Å²) in [5.41, 5.74) is 2.75. The zero-order valence-corrected chi connectivity index (χ0v) is 15.3. The highest BCUT2D eigenvalue weighted by molar-refractivity contribution is 7.91. The molecule has 7 heteroatoms. The molecule has 2 amide bonds. The summed E-state index contributed by atoms with van der Waals surface area (Å²) in [7, 11) is -3.10. The molecular weight excluding hydrogens is 328 g/mol. The average molecular weight is 354 g/mol. The maximum Gasteiger partial charge on any atom is 0.322 e. The first-order chi connectivity index (χ1) is 11.2. The molecule has 24 heavy (non-hydrogen) atoms. The highest BCUT2D eigenvalue weighted by atomic mass is 32.2. The van der Waals surface area contributed by atoms with Gasteiger partial charge >= 0.3 is 6.03 Å². The fourth-order valence-corrected chi connectivity index (χ4v) is 4.83. The molecule has 1 unspecified atom stereocenters. The Hall–Kier alpha value is -1.60. The van der Waals surface area contributed by atoms with E-state index in [1.54, 1.807) is 0 Å². The van der Waals surface area contributed by atoms with Crippen LogP contribution in [0.3, 0.4) is 0 Å². The zero-order valence-electron chi connectivity index (χ0n) is 14.4. The molecule has 1 heterocycles. The lowest BCUT2D eigenvalue weighted by Gasteiger charge is -2.29. The van der Waals surface area contributed by atoms with Gasteiger partial charge in [-0.05, 0) is 30.4 Å². The van der Waals surface area contributed by atoms with Crippen molar-refractivity contribution in [3.05, 3.63) is 29.3 Å². The van der Waals surface area contributed by atoms with Crippen molar-refractivity contribution in [2.75, 3.05) is 30.0 Å². The summed E-state index contributed by atoms with van der Waals surface area (Å²) < 4.78 is 23.4. The van der Waals surface area contributed by atoms with Crippen molar-refractivity contribution >= 4 is 21.6 Å². The number of nitrogens with one attached hydrogen (secondary N) is 1. The van der Waals surface area contributed by atoms with E-state index in [9.17, 15) is 18.3 Å². The topological polar surface area (TPSA) is 86.7 Å². The molecule has 134 valence electrons. The van der Waals surface area contributed by atoms with Gasteiger partial charge < -0.3 is 15.3 Å². The van der Waals surface area contributed by atoms with Gasteiger partial charge in [0.15, 0.2) is 9.84 Å². The van der Waals surface area contributed by atoms with Crippen molar-refractivity contribution in [1.82, 2.24) is 4.90 Å². The Morgan fingerprint density at radius 2 is 2.12 bits per heavy atom. The number of aliphatic hydroxyl groups is 1. The maximum atomic E-state index is 12.7. The number of amides is 2. The Bertz CT molecular complexity index is 701. The van der Waals surface area contributed by atoms with E-state index in [4.69, 9.17) is 0 Å². The highest BCUT2D eigenvalue weighted by Gasteiger charge is 2.34. The van der Waals surface area contributed by atoms with Crippen LogP contribution in [-0.4, -0.2) is 55.2 Å². The van der Waals surface area contributed by atoms with E-state index >= 15 is 0 Å². The molecule has 0 bridgehead atoms. The molecule has 0 saturated carbocycles. The number of hydrogen-bond donors (Lipinski definition) is 2. The summed E-state index contributed by atoms with van der Waals surface area (Å²) in [6.45, 7) is 5.96. The number of para-hydroxylation sites is 1. The van der Waals surface area contributed by atoms with E-state index in [-0.39, 0.29) is 42.6 Å². The van der Waals surface area contributed by atoms with Gasteiger partial charge in [0.1, 0.15) is 0 Å². The lowest BCUT2D eigenvalue weighted by Crippen LogP contribution is -2.45. The fraction of sp³-hybridized carbons (Fsp3) is 0.588. The molecule has 1 aromatic rings. The summed E-state index contributed by atoms with van der Waals surface area (Å²) in [6.07, 6.45) is 0.417. The second-order valence-corrected chi connectivity index (χ2v) is 8.83. The number of aliphatic hydroxyl groups excluding tert-OH is 1. The number of rotatable bonds is 5. The van der Waals surface area contributed by atoms with Crippen molar-refractivity contribution in [3.63, 3.8) is 0 Å². The largest absolute Gasteiger partial charge is 0.395 e. The standard InChI is InChI=1S/C17H26N2O4S/c1-12(2)15-6-4-5-13(3)16(15)18-17(21)19(8-9-20)14-7-10-24(22,23)11-14/h4-6,12,14,20H,7-11H2,1-3H3,(H,18,21). The third-order valence-corrected chi connectivity index (χ3v) is 6.16. The van der Waals surface area contributed by atoms with Gasteiger partial charge in [-0.1, -0.05) is 32.0 Å². The number of benzene rings is 1. The Morgan fingerprint density at radius 3 is 2.67 bits per heavy atom. The Labute approximate surface area is 143 Å². The molecule has 1 aliphatic rings. The van der Waals surface area contributed by atoms with Gasteiger partial charge in [0.05, 0.1) is 18.1 Å². The molecule has 0 radical (unpaired) electrons. The van der Waals surface area contributed by atoms with E-state index in [0.29, 0.717) is 6.42 Å². The van der Waals surface area contributed by atoms with Crippen LogP contribution in [-0.2, 0) is 9.84 Å². The molecule has 0 aliphatic carbocycles. The molecular formula is C17H26N2O4S. The van der Waals surface area contributed by atoms with Crippen LogP contribution < -0.4 is 5.32 Å². The summed E-state index contributed by atoms with van der Waals surface area (Å²) in [5.74, 6) is 0.304. The van der Waals surface area contributed by atoms with Crippen LogP contribution >= 0.6 is 0 Å². The van der Waals surface area contributed by atoms with Crippen molar-refractivity contribution in [1.29, 1.82) is 0 Å². The summed E-state index contributed by atoms with van der Waals surface area (Å²) in [6, 6.07) is 5.12. The van der Waals surface area contributed by atoms with Gasteiger partial charge in [0.2, 0.25) is 0 Å². The second kappa shape index (κ2) is 7.53. The summed E-state index contributed by atoms with van der Waals surface area (Å²) >= 11 is 0. The van der Waals surface area contributed by atoms with E-state index in [1.165, 1.54) is 4.90 Å². The molecule has 0 spiro atoms. The lowest BCUT2D eigenvalue weighted by molar-refractivity contribution is 0.168. The number of carbonyl (C=O) groups excluding carboxylic acids is 1. The predicted octanol–water partition coefficient (Wildman–Crippen LogP) is 2.13. The first kappa shape index (κ1) is 18.7. The summed E-state index contributed by atoms with van der Waals surface area (Å²) in [4.78, 5) is 14.2. The lowest BCUT2D eigenvalue weighted by atomic mass is 9.98. The monoisotopic (exact) mass is 354 g/mol. The minimum absolute atomic E-state index is 0.0365. The molecule has 6 nitrogen and oxygen atoms in total. The van der Waals surface area contributed by atoms with Gasteiger partial charge in [-0.2, -0.15) is 0 Å². The number of sulfone groups is 1. The van der Waals surface area contributed by atoms with Crippen LogP contribution in [0.2, 0.25) is 0 Å². The third-order valence-electron chi connectivity index (χ3n) is 4.41. The Balaban J connectivity index is 2.23.